The SMILES string of the molecule is CCCN1CCOC(c2nc3c(c(=O)[nH]2)CCCC3)C1. The number of rotatable bonds is 3. The van der Waals surface area contributed by atoms with Crippen LogP contribution in [0.5, 0.6) is 0 Å². The first-order valence-electron chi connectivity index (χ1n) is 7.74. The lowest BCUT2D eigenvalue weighted by Crippen LogP contribution is -2.40. The second-order valence-electron chi connectivity index (χ2n) is 5.74. The van der Waals surface area contributed by atoms with Gasteiger partial charge in [0.1, 0.15) is 11.9 Å². The van der Waals surface area contributed by atoms with Gasteiger partial charge in [-0.3, -0.25) is 9.69 Å². The summed E-state index contributed by atoms with van der Waals surface area (Å²) in [6, 6.07) is 0. The van der Waals surface area contributed by atoms with Crippen LogP contribution >= 0.6 is 0 Å². The minimum Gasteiger partial charge on any atom is -0.368 e. The molecule has 1 saturated heterocycles. The third-order valence-corrected chi connectivity index (χ3v) is 4.21. The van der Waals surface area contributed by atoms with Gasteiger partial charge >= 0.3 is 0 Å². The Balaban J connectivity index is 1.83. The van der Waals surface area contributed by atoms with E-state index < -0.39 is 0 Å². The van der Waals surface area contributed by atoms with Crippen LogP contribution in [0.1, 0.15) is 49.4 Å². The van der Waals surface area contributed by atoms with Gasteiger partial charge in [-0.05, 0) is 38.6 Å². The molecule has 5 nitrogen and oxygen atoms in total. The maximum Gasteiger partial charge on any atom is 0.254 e. The van der Waals surface area contributed by atoms with Crippen molar-refractivity contribution >= 4 is 0 Å². The van der Waals surface area contributed by atoms with Crippen LogP contribution in [-0.4, -0.2) is 41.1 Å². The van der Waals surface area contributed by atoms with Crippen molar-refractivity contribution in [2.24, 2.45) is 0 Å². The number of nitrogens with one attached hydrogen (secondary N) is 1. The number of hydrogen-bond acceptors (Lipinski definition) is 4. The molecule has 1 aromatic heterocycles. The lowest BCUT2D eigenvalue weighted by atomic mass is 9.97. The van der Waals surface area contributed by atoms with Gasteiger partial charge < -0.3 is 9.72 Å². The van der Waals surface area contributed by atoms with E-state index in [2.05, 4.69) is 21.8 Å². The predicted octanol–water partition coefficient (Wildman–Crippen LogP) is 1.43. The van der Waals surface area contributed by atoms with Crippen molar-refractivity contribution in [3.63, 3.8) is 0 Å². The highest BCUT2D eigenvalue weighted by Gasteiger charge is 2.25. The molecule has 0 amide bonds. The summed E-state index contributed by atoms with van der Waals surface area (Å²) in [6.45, 7) is 5.78. The Labute approximate surface area is 119 Å². The smallest absolute Gasteiger partial charge is 0.254 e. The van der Waals surface area contributed by atoms with Crippen LogP contribution in [0.3, 0.4) is 0 Å². The van der Waals surface area contributed by atoms with Crippen molar-refractivity contribution in [2.75, 3.05) is 26.2 Å². The van der Waals surface area contributed by atoms with Crippen LogP contribution < -0.4 is 5.56 Å². The topological polar surface area (TPSA) is 58.2 Å². The maximum atomic E-state index is 12.2. The predicted molar refractivity (Wildman–Crippen MR) is 76.9 cm³/mol. The summed E-state index contributed by atoms with van der Waals surface area (Å²) in [5.41, 5.74) is 1.92. The largest absolute Gasteiger partial charge is 0.368 e. The molecular formula is C15H23N3O2. The molecule has 5 heteroatoms. The lowest BCUT2D eigenvalue weighted by Gasteiger charge is -2.32. The second-order valence-corrected chi connectivity index (χ2v) is 5.74. The zero-order valence-electron chi connectivity index (χ0n) is 12.2. The van der Waals surface area contributed by atoms with Crippen LogP contribution in [0.2, 0.25) is 0 Å². The third kappa shape index (κ3) is 2.79. The highest BCUT2D eigenvalue weighted by molar-refractivity contribution is 5.21. The number of nitrogens with zero attached hydrogens (tertiary/aromatic N) is 2. The number of fused-ring (bicyclic) bond motifs is 1. The zero-order chi connectivity index (χ0) is 13.9. The first-order chi connectivity index (χ1) is 9.78. The minimum atomic E-state index is -0.0878. The molecule has 1 fully saturated rings. The molecule has 1 N–H and O–H groups in total. The van der Waals surface area contributed by atoms with Crippen molar-refractivity contribution in [1.29, 1.82) is 0 Å². The van der Waals surface area contributed by atoms with Gasteiger partial charge in [0.2, 0.25) is 0 Å². The number of morpholine rings is 1. The van der Waals surface area contributed by atoms with Gasteiger partial charge in [-0.15, -0.1) is 0 Å². The summed E-state index contributed by atoms with van der Waals surface area (Å²) < 4.78 is 5.81. The van der Waals surface area contributed by atoms with E-state index in [1.54, 1.807) is 0 Å². The highest BCUT2D eigenvalue weighted by atomic mass is 16.5. The fourth-order valence-corrected chi connectivity index (χ4v) is 3.16. The van der Waals surface area contributed by atoms with Gasteiger partial charge in [0, 0.05) is 18.7 Å². The molecule has 1 atom stereocenters. The molecular weight excluding hydrogens is 254 g/mol. The van der Waals surface area contributed by atoms with E-state index in [4.69, 9.17) is 4.74 Å². The molecule has 1 aromatic rings. The van der Waals surface area contributed by atoms with Crippen LogP contribution in [0.15, 0.2) is 4.79 Å². The summed E-state index contributed by atoms with van der Waals surface area (Å²) in [7, 11) is 0. The molecule has 0 radical (unpaired) electrons. The quantitative estimate of drug-likeness (QED) is 0.908. The summed E-state index contributed by atoms with van der Waals surface area (Å²) in [6.07, 6.45) is 5.08. The summed E-state index contributed by atoms with van der Waals surface area (Å²) in [5.74, 6) is 0.719. The first kappa shape index (κ1) is 13.8. The van der Waals surface area contributed by atoms with Crippen molar-refractivity contribution in [3.8, 4) is 0 Å². The number of ether oxygens (including phenoxy) is 1. The number of aromatic nitrogens is 2. The normalized spacial score (nSPS) is 23.6. The van der Waals surface area contributed by atoms with Crippen molar-refractivity contribution in [1.82, 2.24) is 14.9 Å². The van der Waals surface area contributed by atoms with Gasteiger partial charge in [0.15, 0.2) is 0 Å². The van der Waals surface area contributed by atoms with E-state index in [-0.39, 0.29) is 11.7 Å². The van der Waals surface area contributed by atoms with Crippen molar-refractivity contribution < 1.29 is 4.74 Å². The monoisotopic (exact) mass is 277 g/mol. The molecule has 0 aromatic carbocycles. The van der Waals surface area contributed by atoms with Gasteiger partial charge in [0.05, 0.1) is 12.3 Å². The number of hydrogen-bond donors (Lipinski definition) is 1. The van der Waals surface area contributed by atoms with Crippen molar-refractivity contribution in [2.45, 2.75) is 45.1 Å². The molecule has 1 unspecified atom stereocenters. The van der Waals surface area contributed by atoms with Crippen LogP contribution in [0.25, 0.3) is 0 Å². The van der Waals surface area contributed by atoms with Crippen LogP contribution in [0, 0.1) is 0 Å². The van der Waals surface area contributed by atoms with E-state index in [9.17, 15) is 4.79 Å². The van der Waals surface area contributed by atoms with Crippen LogP contribution in [0.4, 0.5) is 0 Å². The molecule has 2 heterocycles. The Bertz CT molecular complexity index is 524. The average molecular weight is 277 g/mol. The van der Waals surface area contributed by atoms with Gasteiger partial charge in [-0.25, -0.2) is 4.98 Å². The number of H-pyrrole nitrogens is 1. The van der Waals surface area contributed by atoms with E-state index in [0.29, 0.717) is 6.61 Å². The lowest BCUT2D eigenvalue weighted by molar-refractivity contribution is -0.0344. The summed E-state index contributed by atoms with van der Waals surface area (Å²) in [5, 5.41) is 0. The Kier molecular flexibility index (Phi) is 4.17. The van der Waals surface area contributed by atoms with Gasteiger partial charge in [-0.2, -0.15) is 0 Å². The fraction of sp³-hybridized carbons (Fsp3) is 0.733. The molecule has 110 valence electrons. The Morgan fingerprint density at radius 3 is 3.10 bits per heavy atom. The number of aromatic amines is 1. The van der Waals surface area contributed by atoms with Gasteiger partial charge in [0.25, 0.3) is 5.56 Å². The standard InChI is InChI=1S/C15H23N3O2/c1-2-7-18-8-9-20-13(10-18)14-16-12-6-4-3-5-11(12)15(19)17-14/h13H,2-10H2,1H3,(H,16,17,19). The summed E-state index contributed by atoms with van der Waals surface area (Å²) >= 11 is 0. The highest BCUT2D eigenvalue weighted by Crippen LogP contribution is 2.21. The molecule has 3 rings (SSSR count). The molecule has 0 spiro atoms. The molecule has 1 aliphatic carbocycles. The Morgan fingerprint density at radius 1 is 1.40 bits per heavy atom. The molecule has 0 bridgehead atoms. The van der Waals surface area contributed by atoms with E-state index in [0.717, 1.165) is 68.8 Å². The molecule has 1 aliphatic heterocycles. The summed E-state index contributed by atoms with van der Waals surface area (Å²) in [4.78, 5) is 22.2. The molecule has 2 aliphatic rings. The van der Waals surface area contributed by atoms with Crippen molar-refractivity contribution in [3.05, 3.63) is 27.4 Å². The van der Waals surface area contributed by atoms with E-state index in [1.807, 2.05) is 0 Å². The molecule has 0 saturated carbocycles. The third-order valence-electron chi connectivity index (χ3n) is 4.21. The van der Waals surface area contributed by atoms with Gasteiger partial charge in [-0.1, -0.05) is 6.92 Å². The minimum absolute atomic E-state index is 0.0425. The Hall–Kier alpha value is -1.20. The zero-order valence-corrected chi connectivity index (χ0v) is 12.2. The fourth-order valence-electron chi connectivity index (χ4n) is 3.16. The first-order valence-corrected chi connectivity index (χ1v) is 7.74. The van der Waals surface area contributed by atoms with E-state index in [1.165, 1.54) is 0 Å². The second kappa shape index (κ2) is 6.06. The van der Waals surface area contributed by atoms with E-state index >= 15 is 0 Å². The van der Waals surface area contributed by atoms with Crippen LogP contribution in [-0.2, 0) is 17.6 Å². The number of aryl methyl sites for hydroxylation is 1. The maximum absolute atomic E-state index is 12.2. The molecule has 20 heavy (non-hydrogen) atoms. The average Bonchev–Trinajstić information content (AvgIpc) is 2.48. The Morgan fingerprint density at radius 2 is 2.25 bits per heavy atom.